The monoisotopic (exact) mass is 712 g/mol. The molecule has 0 spiro atoms. The number of hydrogen-bond acceptors (Lipinski definition) is 9. The topological polar surface area (TPSA) is 159 Å². The molecule has 4 heterocycles. The molecule has 4 N–H and O–H groups in total. The zero-order valence-corrected chi connectivity index (χ0v) is 29.6. The first-order chi connectivity index (χ1) is 24.0. The van der Waals surface area contributed by atoms with Crippen LogP contribution in [-0.2, 0) is 9.59 Å². The number of carbonyl (C=O) groups is 3. The van der Waals surface area contributed by atoms with E-state index in [1.54, 1.807) is 34.4 Å². The normalized spacial score (nSPS) is 15.3. The lowest BCUT2D eigenvalue weighted by Gasteiger charge is -2.36. The average Bonchev–Trinajstić information content (AvgIpc) is 3.59. The molecule has 2 amide bonds. The molecular formula is C36H37ClN8O4S. The second-order valence-electron chi connectivity index (χ2n) is 12.1. The second kappa shape index (κ2) is 14.8. The van der Waals surface area contributed by atoms with Gasteiger partial charge in [-0.2, -0.15) is 0 Å². The summed E-state index contributed by atoms with van der Waals surface area (Å²) in [6.45, 7) is 8.52. The number of aromatic carboxylic acids is 1. The predicted molar refractivity (Wildman–Crippen MR) is 194 cm³/mol. The van der Waals surface area contributed by atoms with Crippen LogP contribution >= 0.6 is 22.9 Å². The summed E-state index contributed by atoms with van der Waals surface area (Å²) >= 11 is 7.86. The first-order valence-corrected chi connectivity index (χ1v) is 17.5. The average molecular weight is 713 g/mol. The Kier molecular flexibility index (Phi) is 10.3. The van der Waals surface area contributed by atoms with Crippen molar-refractivity contribution in [3.8, 4) is 16.8 Å². The molecule has 2 aromatic heterocycles. The molecule has 0 unspecified atom stereocenters. The van der Waals surface area contributed by atoms with Gasteiger partial charge in [0, 0.05) is 71.4 Å². The summed E-state index contributed by atoms with van der Waals surface area (Å²) < 4.78 is 2.00. The highest BCUT2D eigenvalue weighted by atomic mass is 35.5. The maximum Gasteiger partial charge on any atom is 0.336 e. The van der Waals surface area contributed by atoms with Gasteiger partial charge in [0.05, 0.1) is 24.2 Å². The van der Waals surface area contributed by atoms with Crippen LogP contribution in [0.15, 0.2) is 47.5 Å². The summed E-state index contributed by atoms with van der Waals surface area (Å²) in [5.74, 6) is 5.53. The number of amides is 2. The highest BCUT2D eigenvalue weighted by molar-refractivity contribution is 7.15. The Morgan fingerprint density at radius 2 is 1.80 bits per heavy atom. The lowest BCUT2D eigenvalue weighted by atomic mass is 9.99. The van der Waals surface area contributed by atoms with E-state index < -0.39 is 12.0 Å². The number of benzene rings is 2. The minimum Gasteiger partial charge on any atom is -0.478 e. The van der Waals surface area contributed by atoms with Gasteiger partial charge in [-0.15, -0.1) is 21.5 Å². The van der Waals surface area contributed by atoms with Crippen LogP contribution in [0.5, 0.6) is 0 Å². The molecule has 2 aromatic carbocycles. The zero-order chi connectivity index (χ0) is 35.5. The highest BCUT2D eigenvalue weighted by Gasteiger charge is 2.32. The van der Waals surface area contributed by atoms with Crippen LogP contribution in [0.3, 0.4) is 0 Å². The standard InChI is InChI=1S/C36H37ClN8O4S/c1-21-22(2)50-35-32(21)33(24-6-8-26(37)9-7-24)40-29(34-42-41-23(3)45(34)35)20-30(46)39-14-12-31(47)44-17-15-43(16-18-44)27-10-11-28(36(48)49)25(19-27)5-4-13-38/h6-11,19,29H,12-18,20,38H2,1-3H3,(H,39,46)(H,48,49)/t29-/m0/s1. The molecule has 1 fully saturated rings. The van der Waals surface area contributed by atoms with Crippen LogP contribution in [0.2, 0.25) is 5.02 Å². The molecule has 258 valence electrons. The fraction of sp³-hybridized carbons (Fsp3) is 0.333. The van der Waals surface area contributed by atoms with Crippen molar-refractivity contribution in [2.45, 2.75) is 39.7 Å². The SMILES string of the molecule is Cc1sc2c(c1C)C(c1ccc(Cl)cc1)=N[C@@H](CC(=O)NCCC(=O)N1CCN(c3ccc(C(=O)O)c(C#CCN)c3)CC1)c1nnc(C)n1-2. The number of carboxylic acid groups (broad SMARTS) is 1. The van der Waals surface area contributed by atoms with Gasteiger partial charge < -0.3 is 26.0 Å². The molecule has 1 atom stereocenters. The third-order valence-electron chi connectivity index (χ3n) is 8.95. The first-order valence-electron chi connectivity index (χ1n) is 16.3. The Balaban J connectivity index is 1.09. The van der Waals surface area contributed by atoms with E-state index in [0.717, 1.165) is 38.0 Å². The maximum atomic E-state index is 13.3. The molecule has 4 aromatic rings. The quantitative estimate of drug-likeness (QED) is 0.231. The maximum absolute atomic E-state index is 13.3. The molecule has 1 saturated heterocycles. The smallest absolute Gasteiger partial charge is 0.336 e. The Morgan fingerprint density at radius 1 is 1.06 bits per heavy atom. The van der Waals surface area contributed by atoms with Crippen LogP contribution < -0.4 is 16.0 Å². The number of anilines is 1. The lowest BCUT2D eigenvalue weighted by molar-refractivity contribution is -0.131. The zero-order valence-electron chi connectivity index (χ0n) is 28.0. The van der Waals surface area contributed by atoms with Crippen molar-refractivity contribution in [1.29, 1.82) is 0 Å². The first kappa shape index (κ1) is 34.8. The number of aryl methyl sites for hydroxylation is 2. The number of fused-ring (bicyclic) bond motifs is 3. The van der Waals surface area contributed by atoms with Crippen molar-refractivity contribution in [3.63, 3.8) is 0 Å². The molecule has 0 radical (unpaired) electrons. The van der Waals surface area contributed by atoms with E-state index >= 15 is 0 Å². The Hall–Kier alpha value is -5.03. The lowest BCUT2D eigenvalue weighted by Crippen LogP contribution is -2.49. The molecule has 14 heteroatoms. The minimum absolute atomic E-state index is 0.0351. The van der Waals surface area contributed by atoms with Gasteiger partial charge in [0.15, 0.2) is 5.82 Å². The summed E-state index contributed by atoms with van der Waals surface area (Å²) in [6, 6.07) is 12.0. The number of nitrogens with zero attached hydrogens (tertiary/aromatic N) is 6. The van der Waals surface area contributed by atoms with Crippen molar-refractivity contribution in [2.24, 2.45) is 10.7 Å². The van der Waals surface area contributed by atoms with Gasteiger partial charge >= 0.3 is 5.97 Å². The van der Waals surface area contributed by atoms with Crippen molar-refractivity contribution >= 4 is 52.1 Å². The van der Waals surface area contributed by atoms with E-state index in [1.807, 2.05) is 35.8 Å². The molecule has 0 saturated carbocycles. The summed E-state index contributed by atoms with van der Waals surface area (Å²) in [6.07, 6.45) is 0.195. The van der Waals surface area contributed by atoms with E-state index in [1.165, 1.54) is 0 Å². The van der Waals surface area contributed by atoms with Gasteiger partial charge in [-0.05, 0) is 56.7 Å². The Morgan fingerprint density at radius 3 is 2.50 bits per heavy atom. The number of hydrogen-bond donors (Lipinski definition) is 3. The largest absolute Gasteiger partial charge is 0.478 e. The van der Waals surface area contributed by atoms with E-state index in [9.17, 15) is 19.5 Å². The number of nitrogens with two attached hydrogens (primary N) is 1. The number of aliphatic imine (C=N–C) groups is 1. The van der Waals surface area contributed by atoms with Crippen molar-refractivity contribution in [1.82, 2.24) is 25.0 Å². The van der Waals surface area contributed by atoms with Crippen LogP contribution in [0.25, 0.3) is 5.00 Å². The summed E-state index contributed by atoms with van der Waals surface area (Å²) in [4.78, 5) is 48.2. The van der Waals surface area contributed by atoms with Gasteiger partial charge in [0.1, 0.15) is 16.9 Å². The minimum atomic E-state index is -1.05. The van der Waals surface area contributed by atoms with Crippen molar-refractivity contribution in [2.75, 3.05) is 44.2 Å². The van der Waals surface area contributed by atoms with Crippen molar-refractivity contribution in [3.05, 3.63) is 91.8 Å². The number of carboxylic acids is 1. The number of rotatable bonds is 8. The summed E-state index contributed by atoms with van der Waals surface area (Å²) in [5.41, 5.74) is 10.6. The third-order valence-corrected chi connectivity index (χ3v) is 10.4. The van der Waals surface area contributed by atoms with Gasteiger partial charge in [-0.3, -0.25) is 19.1 Å². The van der Waals surface area contributed by atoms with E-state index in [4.69, 9.17) is 22.3 Å². The number of aromatic nitrogens is 3. The number of carbonyl (C=O) groups excluding carboxylic acids is 2. The van der Waals surface area contributed by atoms with Crippen LogP contribution in [0, 0.1) is 32.6 Å². The fourth-order valence-corrected chi connectivity index (χ4v) is 7.57. The van der Waals surface area contributed by atoms with Gasteiger partial charge in [-0.1, -0.05) is 35.6 Å². The third kappa shape index (κ3) is 7.14. The van der Waals surface area contributed by atoms with E-state index in [2.05, 4.69) is 46.1 Å². The summed E-state index contributed by atoms with van der Waals surface area (Å²) in [5, 5.41) is 22.8. The van der Waals surface area contributed by atoms with E-state index in [-0.39, 0.29) is 43.3 Å². The molecule has 0 aliphatic carbocycles. The number of thiophene rings is 1. The van der Waals surface area contributed by atoms with Gasteiger partial charge in [0.2, 0.25) is 11.8 Å². The highest BCUT2D eigenvalue weighted by Crippen LogP contribution is 2.39. The van der Waals surface area contributed by atoms with Crippen LogP contribution in [-0.4, -0.2) is 87.5 Å². The number of halogens is 1. The van der Waals surface area contributed by atoms with E-state index in [0.29, 0.717) is 48.4 Å². The molecule has 0 bridgehead atoms. The second-order valence-corrected chi connectivity index (χ2v) is 13.8. The van der Waals surface area contributed by atoms with Crippen LogP contribution in [0.4, 0.5) is 5.69 Å². The molecular weight excluding hydrogens is 676 g/mol. The number of nitrogens with one attached hydrogen (secondary N) is 1. The Bertz CT molecular complexity index is 2050. The summed E-state index contributed by atoms with van der Waals surface area (Å²) in [7, 11) is 0. The predicted octanol–water partition coefficient (Wildman–Crippen LogP) is 4.05. The van der Waals surface area contributed by atoms with Gasteiger partial charge in [-0.25, -0.2) is 4.79 Å². The van der Waals surface area contributed by atoms with Gasteiger partial charge in [0.25, 0.3) is 0 Å². The molecule has 12 nitrogen and oxygen atoms in total. The number of piperazine rings is 1. The van der Waals surface area contributed by atoms with Crippen molar-refractivity contribution < 1.29 is 19.5 Å². The molecule has 2 aliphatic heterocycles. The van der Waals surface area contributed by atoms with Crippen LogP contribution in [0.1, 0.15) is 68.0 Å². The Labute approximate surface area is 299 Å². The molecule has 2 aliphatic rings. The fourth-order valence-electron chi connectivity index (χ4n) is 6.23. The molecule has 6 rings (SSSR count). The molecule has 50 heavy (non-hydrogen) atoms.